The number of rotatable bonds is 7. The predicted octanol–water partition coefficient (Wildman–Crippen LogP) is 3.05. The fourth-order valence-electron chi connectivity index (χ4n) is 3.18. The Morgan fingerprint density at radius 1 is 1.17 bits per heavy atom. The summed E-state index contributed by atoms with van der Waals surface area (Å²) in [6.45, 7) is 4.43. The second kappa shape index (κ2) is 8.18. The van der Waals surface area contributed by atoms with Crippen LogP contribution in [0.15, 0.2) is 48.5 Å². The predicted molar refractivity (Wildman–Crippen MR) is 96.2 cm³/mol. The molecule has 2 N–H and O–H groups in total. The first-order valence-electron chi connectivity index (χ1n) is 8.54. The first kappa shape index (κ1) is 16.8. The Morgan fingerprint density at radius 2 is 2.00 bits per heavy atom. The van der Waals surface area contributed by atoms with Crippen LogP contribution in [-0.4, -0.2) is 31.6 Å². The lowest BCUT2D eigenvalue weighted by atomic mass is 10.1. The van der Waals surface area contributed by atoms with E-state index in [9.17, 15) is 0 Å². The summed E-state index contributed by atoms with van der Waals surface area (Å²) in [5.41, 5.74) is 8.13. The van der Waals surface area contributed by atoms with Crippen molar-refractivity contribution in [1.29, 1.82) is 0 Å². The van der Waals surface area contributed by atoms with E-state index in [1.54, 1.807) is 7.11 Å². The molecule has 1 aliphatic rings. The lowest BCUT2D eigenvalue weighted by molar-refractivity contribution is 0.297. The molecule has 0 spiro atoms. The number of ether oxygens (including phenoxy) is 2. The Kier molecular flexibility index (Phi) is 5.72. The Hall–Kier alpha value is -2.04. The van der Waals surface area contributed by atoms with Gasteiger partial charge in [0.1, 0.15) is 18.1 Å². The lowest BCUT2D eigenvalue weighted by Crippen LogP contribution is -2.23. The second-order valence-corrected chi connectivity index (χ2v) is 6.37. The van der Waals surface area contributed by atoms with E-state index in [0.717, 1.165) is 43.2 Å². The van der Waals surface area contributed by atoms with Gasteiger partial charge in [0.05, 0.1) is 7.11 Å². The summed E-state index contributed by atoms with van der Waals surface area (Å²) >= 11 is 0. The highest BCUT2D eigenvalue weighted by Crippen LogP contribution is 2.28. The minimum absolute atomic E-state index is 0.563. The van der Waals surface area contributed by atoms with E-state index in [2.05, 4.69) is 23.1 Å². The molecule has 1 saturated heterocycles. The Balaban J connectivity index is 1.62. The molecule has 3 rings (SSSR count). The van der Waals surface area contributed by atoms with Gasteiger partial charge in [-0.25, -0.2) is 0 Å². The van der Waals surface area contributed by atoms with Crippen LogP contribution >= 0.6 is 0 Å². The molecule has 0 aliphatic carbocycles. The van der Waals surface area contributed by atoms with E-state index in [4.69, 9.17) is 15.2 Å². The Labute approximate surface area is 144 Å². The summed E-state index contributed by atoms with van der Waals surface area (Å²) in [4.78, 5) is 2.44. The molecule has 1 aliphatic heterocycles. The van der Waals surface area contributed by atoms with Crippen LogP contribution in [0.4, 0.5) is 0 Å². The number of hydrogen-bond donors (Lipinski definition) is 1. The highest BCUT2D eigenvalue weighted by atomic mass is 16.5. The number of nitrogens with zero attached hydrogens (tertiary/aromatic N) is 1. The van der Waals surface area contributed by atoms with Crippen LogP contribution in [0.3, 0.4) is 0 Å². The average Bonchev–Trinajstić information content (AvgIpc) is 3.09. The monoisotopic (exact) mass is 326 g/mol. The van der Waals surface area contributed by atoms with E-state index in [0.29, 0.717) is 12.5 Å². The molecule has 1 atom stereocenters. The summed E-state index contributed by atoms with van der Waals surface area (Å²) in [6, 6.07) is 16.3. The number of nitrogens with two attached hydrogens (primary N) is 1. The third-order valence-electron chi connectivity index (χ3n) is 4.60. The van der Waals surface area contributed by atoms with Crippen molar-refractivity contribution in [3.8, 4) is 11.5 Å². The van der Waals surface area contributed by atoms with Gasteiger partial charge in [-0.05, 0) is 37.1 Å². The fraction of sp³-hybridized carbons (Fsp3) is 0.400. The standard InChI is InChI=1S/C20H26N2O2/c1-23-20-11-19(24-15-16-5-3-2-4-6-16)8-7-18(20)14-22-10-9-17(12-21)13-22/h2-8,11,17H,9-10,12-15,21H2,1H3/t17-/m1/s1. The summed E-state index contributed by atoms with van der Waals surface area (Å²) in [6.07, 6.45) is 1.19. The molecule has 4 heteroatoms. The van der Waals surface area contributed by atoms with E-state index in [-0.39, 0.29) is 0 Å². The highest BCUT2D eigenvalue weighted by molar-refractivity contribution is 5.41. The molecule has 2 aromatic rings. The average molecular weight is 326 g/mol. The third kappa shape index (κ3) is 4.28. The van der Waals surface area contributed by atoms with Crippen LogP contribution in [0.5, 0.6) is 11.5 Å². The van der Waals surface area contributed by atoms with E-state index >= 15 is 0 Å². The van der Waals surface area contributed by atoms with Gasteiger partial charge in [-0.2, -0.15) is 0 Å². The largest absolute Gasteiger partial charge is 0.496 e. The molecule has 0 bridgehead atoms. The zero-order valence-electron chi connectivity index (χ0n) is 14.3. The first-order chi connectivity index (χ1) is 11.8. The van der Waals surface area contributed by atoms with E-state index in [1.165, 1.54) is 12.0 Å². The van der Waals surface area contributed by atoms with Crippen LogP contribution < -0.4 is 15.2 Å². The van der Waals surface area contributed by atoms with Crippen molar-refractivity contribution in [2.45, 2.75) is 19.6 Å². The SMILES string of the molecule is COc1cc(OCc2ccccc2)ccc1CN1CC[C@H](CN)C1. The molecule has 128 valence electrons. The van der Waals surface area contributed by atoms with Crippen molar-refractivity contribution < 1.29 is 9.47 Å². The molecule has 0 unspecified atom stereocenters. The van der Waals surface area contributed by atoms with Crippen molar-refractivity contribution in [2.24, 2.45) is 11.7 Å². The van der Waals surface area contributed by atoms with Crippen LogP contribution in [0.2, 0.25) is 0 Å². The maximum Gasteiger partial charge on any atom is 0.127 e. The van der Waals surface area contributed by atoms with E-state index < -0.39 is 0 Å². The normalized spacial score (nSPS) is 17.8. The van der Waals surface area contributed by atoms with Crippen LogP contribution in [0.1, 0.15) is 17.5 Å². The van der Waals surface area contributed by atoms with Crippen molar-refractivity contribution >= 4 is 0 Å². The van der Waals surface area contributed by atoms with Crippen LogP contribution in [0.25, 0.3) is 0 Å². The fourth-order valence-corrected chi connectivity index (χ4v) is 3.18. The van der Waals surface area contributed by atoms with E-state index in [1.807, 2.05) is 30.3 Å². The molecular weight excluding hydrogens is 300 g/mol. The van der Waals surface area contributed by atoms with Gasteiger partial charge in [0, 0.05) is 24.7 Å². The minimum Gasteiger partial charge on any atom is -0.496 e. The second-order valence-electron chi connectivity index (χ2n) is 6.37. The zero-order chi connectivity index (χ0) is 16.8. The summed E-state index contributed by atoms with van der Waals surface area (Å²) < 4.78 is 11.5. The number of benzene rings is 2. The van der Waals surface area contributed by atoms with Crippen molar-refractivity contribution in [3.05, 3.63) is 59.7 Å². The zero-order valence-corrected chi connectivity index (χ0v) is 14.3. The van der Waals surface area contributed by atoms with Crippen LogP contribution in [-0.2, 0) is 13.2 Å². The lowest BCUT2D eigenvalue weighted by Gasteiger charge is -2.18. The molecule has 1 heterocycles. The quantitative estimate of drug-likeness (QED) is 0.849. The highest BCUT2D eigenvalue weighted by Gasteiger charge is 2.22. The molecule has 0 amide bonds. The third-order valence-corrected chi connectivity index (χ3v) is 4.60. The molecule has 0 aromatic heterocycles. The van der Waals surface area contributed by atoms with Crippen molar-refractivity contribution in [2.75, 3.05) is 26.7 Å². The maximum atomic E-state index is 5.88. The summed E-state index contributed by atoms with van der Waals surface area (Å²) in [5.74, 6) is 2.35. The molecule has 0 radical (unpaired) electrons. The van der Waals surface area contributed by atoms with Gasteiger partial charge in [0.25, 0.3) is 0 Å². The van der Waals surface area contributed by atoms with Crippen molar-refractivity contribution in [1.82, 2.24) is 4.90 Å². The number of hydrogen-bond acceptors (Lipinski definition) is 4. The number of likely N-dealkylation sites (tertiary alicyclic amines) is 1. The van der Waals surface area contributed by atoms with Gasteiger partial charge in [-0.3, -0.25) is 4.90 Å². The Bertz CT molecular complexity index is 645. The van der Waals surface area contributed by atoms with Crippen molar-refractivity contribution in [3.63, 3.8) is 0 Å². The summed E-state index contributed by atoms with van der Waals surface area (Å²) in [5, 5.41) is 0. The van der Waals surface area contributed by atoms with Gasteiger partial charge in [0.15, 0.2) is 0 Å². The smallest absolute Gasteiger partial charge is 0.127 e. The Morgan fingerprint density at radius 3 is 2.71 bits per heavy atom. The van der Waals surface area contributed by atoms with Gasteiger partial charge in [-0.1, -0.05) is 36.4 Å². The van der Waals surface area contributed by atoms with Gasteiger partial charge < -0.3 is 15.2 Å². The summed E-state index contributed by atoms with van der Waals surface area (Å²) in [7, 11) is 1.71. The molecular formula is C20H26N2O2. The molecule has 0 saturated carbocycles. The van der Waals surface area contributed by atoms with Gasteiger partial charge in [-0.15, -0.1) is 0 Å². The molecule has 1 fully saturated rings. The first-order valence-corrected chi connectivity index (χ1v) is 8.54. The van der Waals surface area contributed by atoms with Gasteiger partial charge >= 0.3 is 0 Å². The van der Waals surface area contributed by atoms with Gasteiger partial charge in [0.2, 0.25) is 0 Å². The topological polar surface area (TPSA) is 47.7 Å². The molecule has 24 heavy (non-hydrogen) atoms. The van der Waals surface area contributed by atoms with Crippen LogP contribution in [0, 0.1) is 5.92 Å². The molecule has 2 aromatic carbocycles. The maximum absolute atomic E-state index is 5.88. The number of methoxy groups -OCH3 is 1. The minimum atomic E-state index is 0.563. The molecule has 4 nitrogen and oxygen atoms in total.